The Morgan fingerprint density at radius 3 is 2.80 bits per heavy atom. The summed E-state index contributed by atoms with van der Waals surface area (Å²) in [5.74, 6) is -1.34. The predicted molar refractivity (Wildman–Crippen MR) is 49.5 cm³/mol. The molecule has 0 atom stereocenters. The molecule has 0 saturated heterocycles. The number of carboxylic acids is 1. The second-order valence-electron chi connectivity index (χ2n) is 2.95. The first-order chi connectivity index (χ1) is 7.11. The quantitative estimate of drug-likeness (QED) is 0.770. The molecule has 6 nitrogen and oxygen atoms in total. The number of hydrogen-bond acceptors (Lipinski definition) is 4. The van der Waals surface area contributed by atoms with E-state index in [9.17, 15) is 9.90 Å². The van der Waals surface area contributed by atoms with E-state index in [2.05, 4.69) is 4.98 Å². The second kappa shape index (κ2) is 3.16. The highest BCUT2D eigenvalue weighted by Gasteiger charge is 2.21. The number of carboxylic acid groups (broad SMARTS) is 1. The summed E-state index contributed by atoms with van der Waals surface area (Å²) in [5.41, 5.74) is 0.125. The van der Waals surface area contributed by atoms with Crippen LogP contribution < -0.4 is 0 Å². The molecule has 2 heterocycles. The molecule has 2 aromatic rings. The van der Waals surface area contributed by atoms with E-state index in [1.807, 2.05) is 0 Å². The van der Waals surface area contributed by atoms with Gasteiger partial charge >= 0.3 is 5.97 Å². The van der Waals surface area contributed by atoms with Crippen molar-refractivity contribution in [3.05, 3.63) is 24.2 Å². The van der Waals surface area contributed by atoms with Crippen LogP contribution in [0.25, 0.3) is 11.5 Å². The molecule has 0 unspecified atom stereocenters. The molecule has 6 heteroatoms. The smallest absolute Gasteiger partial charge is 0.372 e. The molecule has 2 N–H and O–H groups in total. The average Bonchev–Trinajstić information content (AvgIpc) is 2.77. The van der Waals surface area contributed by atoms with E-state index in [-0.39, 0.29) is 17.4 Å². The van der Waals surface area contributed by atoms with Crippen LogP contribution in [0.1, 0.15) is 10.6 Å². The Bertz CT molecular complexity index is 498. The van der Waals surface area contributed by atoms with Crippen LogP contribution in [0.5, 0.6) is 5.88 Å². The van der Waals surface area contributed by atoms with E-state index >= 15 is 0 Å². The van der Waals surface area contributed by atoms with Crippen molar-refractivity contribution in [2.24, 2.45) is 7.05 Å². The van der Waals surface area contributed by atoms with Crippen molar-refractivity contribution < 1.29 is 19.4 Å². The minimum absolute atomic E-state index is 0.125. The summed E-state index contributed by atoms with van der Waals surface area (Å²) in [6, 6.07) is 3.22. The van der Waals surface area contributed by atoms with E-state index < -0.39 is 5.97 Å². The SMILES string of the molecule is Cn1c(C(=O)O)nc(-c2ccco2)c1O. The lowest BCUT2D eigenvalue weighted by Crippen LogP contribution is -2.05. The summed E-state index contributed by atoms with van der Waals surface area (Å²) in [4.78, 5) is 14.5. The van der Waals surface area contributed by atoms with Gasteiger partial charge in [0.25, 0.3) is 0 Å². The van der Waals surface area contributed by atoms with Crippen molar-refractivity contribution in [3.8, 4) is 17.3 Å². The van der Waals surface area contributed by atoms with Gasteiger partial charge < -0.3 is 14.6 Å². The lowest BCUT2D eigenvalue weighted by molar-refractivity contribution is 0.0678. The van der Waals surface area contributed by atoms with E-state index in [1.54, 1.807) is 12.1 Å². The summed E-state index contributed by atoms with van der Waals surface area (Å²) in [6.07, 6.45) is 1.42. The molecule has 0 bridgehead atoms. The molecule has 0 radical (unpaired) electrons. The molecule has 0 aliphatic rings. The molecule has 0 amide bonds. The molecule has 0 aliphatic carbocycles. The summed E-state index contributed by atoms with van der Waals surface area (Å²) in [5, 5.41) is 18.4. The zero-order chi connectivity index (χ0) is 11.0. The van der Waals surface area contributed by atoms with Crippen LogP contribution in [0.15, 0.2) is 22.8 Å². The van der Waals surface area contributed by atoms with Gasteiger partial charge in [0.2, 0.25) is 11.7 Å². The predicted octanol–water partition coefficient (Wildman–Crippen LogP) is 1.08. The molecule has 0 fully saturated rings. The third kappa shape index (κ3) is 1.35. The first-order valence-electron chi connectivity index (χ1n) is 4.14. The van der Waals surface area contributed by atoms with Crippen LogP contribution in [0.4, 0.5) is 0 Å². The highest BCUT2D eigenvalue weighted by molar-refractivity contribution is 5.85. The molecule has 0 saturated carbocycles. The summed E-state index contributed by atoms with van der Waals surface area (Å²) >= 11 is 0. The molecule has 15 heavy (non-hydrogen) atoms. The molecule has 0 aromatic carbocycles. The lowest BCUT2D eigenvalue weighted by Gasteiger charge is -1.95. The van der Waals surface area contributed by atoms with Gasteiger partial charge in [0.15, 0.2) is 11.5 Å². The molecular weight excluding hydrogens is 200 g/mol. The molecular formula is C9H8N2O4. The number of aromatic nitrogens is 2. The Labute approximate surface area is 84.4 Å². The maximum atomic E-state index is 10.7. The van der Waals surface area contributed by atoms with Crippen LogP contribution >= 0.6 is 0 Å². The average molecular weight is 208 g/mol. The Kier molecular flexibility index (Phi) is 1.96. The van der Waals surface area contributed by atoms with Gasteiger partial charge in [-0.15, -0.1) is 0 Å². The monoisotopic (exact) mass is 208 g/mol. The van der Waals surface area contributed by atoms with Gasteiger partial charge in [-0.3, -0.25) is 4.57 Å². The number of aromatic carboxylic acids is 1. The normalized spacial score (nSPS) is 10.5. The van der Waals surface area contributed by atoms with E-state index in [0.717, 1.165) is 4.57 Å². The Hall–Kier alpha value is -2.24. The van der Waals surface area contributed by atoms with Crippen LogP contribution in [0, 0.1) is 0 Å². The van der Waals surface area contributed by atoms with Gasteiger partial charge in [-0.05, 0) is 12.1 Å². The number of rotatable bonds is 2. The standard InChI is InChI=1S/C9H8N2O4/c1-11-7(9(13)14)10-6(8(11)12)5-3-2-4-15-5/h2-4,12H,1H3,(H,13,14). The number of aromatic hydroxyl groups is 1. The highest BCUT2D eigenvalue weighted by Crippen LogP contribution is 2.28. The Morgan fingerprint density at radius 2 is 2.33 bits per heavy atom. The van der Waals surface area contributed by atoms with Gasteiger partial charge in [0.05, 0.1) is 6.26 Å². The van der Waals surface area contributed by atoms with Crippen LogP contribution in [-0.4, -0.2) is 25.7 Å². The number of imidazole rings is 1. The van der Waals surface area contributed by atoms with Crippen LogP contribution in [-0.2, 0) is 7.05 Å². The van der Waals surface area contributed by atoms with Gasteiger partial charge in [-0.1, -0.05) is 0 Å². The molecule has 78 valence electrons. The van der Waals surface area contributed by atoms with Gasteiger partial charge in [-0.25, -0.2) is 9.78 Å². The van der Waals surface area contributed by atoms with Crippen molar-refractivity contribution in [1.82, 2.24) is 9.55 Å². The van der Waals surface area contributed by atoms with Gasteiger partial charge in [-0.2, -0.15) is 0 Å². The summed E-state index contributed by atoms with van der Waals surface area (Å²) in [6.45, 7) is 0. The number of furan rings is 1. The minimum atomic E-state index is -1.20. The lowest BCUT2D eigenvalue weighted by atomic mass is 10.3. The van der Waals surface area contributed by atoms with Crippen molar-refractivity contribution in [2.75, 3.05) is 0 Å². The van der Waals surface area contributed by atoms with E-state index in [1.165, 1.54) is 13.3 Å². The Morgan fingerprint density at radius 1 is 1.60 bits per heavy atom. The summed E-state index contributed by atoms with van der Waals surface area (Å²) in [7, 11) is 1.41. The molecule has 0 spiro atoms. The maximum Gasteiger partial charge on any atom is 0.372 e. The zero-order valence-corrected chi connectivity index (χ0v) is 7.84. The van der Waals surface area contributed by atoms with Crippen molar-refractivity contribution in [2.45, 2.75) is 0 Å². The van der Waals surface area contributed by atoms with Gasteiger partial charge in [0, 0.05) is 7.05 Å². The maximum absolute atomic E-state index is 10.7. The third-order valence-electron chi connectivity index (χ3n) is 2.01. The van der Waals surface area contributed by atoms with Crippen molar-refractivity contribution in [1.29, 1.82) is 0 Å². The van der Waals surface area contributed by atoms with Crippen molar-refractivity contribution in [3.63, 3.8) is 0 Å². The van der Waals surface area contributed by atoms with E-state index in [4.69, 9.17) is 9.52 Å². The van der Waals surface area contributed by atoms with Crippen LogP contribution in [0.2, 0.25) is 0 Å². The molecule has 2 rings (SSSR count). The Balaban J connectivity index is 2.60. The van der Waals surface area contributed by atoms with Crippen molar-refractivity contribution >= 4 is 5.97 Å². The van der Waals surface area contributed by atoms with Crippen LogP contribution in [0.3, 0.4) is 0 Å². The number of carbonyl (C=O) groups is 1. The first kappa shape index (κ1) is 9.32. The zero-order valence-electron chi connectivity index (χ0n) is 7.84. The fraction of sp³-hybridized carbons (Fsp3) is 0.111. The molecule has 0 aliphatic heterocycles. The third-order valence-corrected chi connectivity index (χ3v) is 2.01. The topological polar surface area (TPSA) is 88.5 Å². The number of nitrogens with zero attached hydrogens (tertiary/aromatic N) is 2. The minimum Gasteiger partial charge on any atom is -0.493 e. The first-order valence-corrected chi connectivity index (χ1v) is 4.14. The highest BCUT2D eigenvalue weighted by atomic mass is 16.4. The second-order valence-corrected chi connectivity index (χ2v) is 2.95. The van der Waals surface area contributed by atoms with Gasteiger partial charge in [0.1, 0.15) is 0 Å². The fourth-order valence-corrected chi connectivity index (χ4v) is 1.26. The van der Waals surface area contributed by atoms with E-state index in [0.29, 0.717) is 5.76 Å². The summed E-state index contributed by atoms with van der Waals surface area (Å²) < 4.78 is 6.10. The number of hydrogen-bond donors (Lipinski definition) is 2. The molecule has 2 aromatic heterocycles. The fourth-order valence-electron chi connectivity index (χ4n) is 1.26. The largest absolute Gasteiger partial charge is 0.493 e.